The highest BCUT2D eigenvalue weighted by molar-refractivity contribution is 6.00. The quantitative estimate of drug-likeness (QED) is 0.257. The molecule has 3 amide bonds. The molecule has 2 aromatic heterocycles. The van der Waals surface area contributed by atoms with Gasteiger partial charge in [-0.1, -0.05) is 24.3 Å². The van der Waals surface area contributed by atoms with E-state index >= 15 is 0 Å². The molecule has 4 aromatic rings. The summed E-state index contributed by atoms with van der Waals surface area (Å²) in [6.45, 7) is 1.58. The lowest BCUT2D eigenvalue weighted by atomic mass is 10.0. The molecular formula is C24H19FN6O7. The maximum atomic E-state index is 13.5. The Morgan fingerprint density at radius 3 is 2.45 bits per heavy atom. The maximum absolute atomic E-state index is 13.5. The molecule has 0 saturated carbocycles. The van der Waals surface area contributed by atoms with E-state index in [-0.39, 0.29) is 23.4 Å². The van der Waals surface area contributed by atoms with E-state index in [9.17, 15) is 28.4 Å². The van der Waals surface area contributed by atoms with Crippen LogP contribution in [0.25, 0.3) is 5.78 Å². The summed E-state index contributed by atoms with van der Waals surface area (Å²) in [5, 5.41) is 17.4. The molecule has 0 aliphatic carbocycles. The molecule has 0 fully saturated rings. The van der Waals surface area contributed by atoms with Gasteiger partial charge in [-0.25, -0.2) is 23.4 Å². The van der Waals surface area contributed by atoms with Gasteiger partial charge in [0, 0.05) is 6.54 Å². The summed E-state index contributed by atoms with van der Waals surface area (Å²) in [4.78, 5) is 65.3. The first-order valence-electron chi connectivity index (χ1n) is 10.9. The highest BCUT2D eigenvalue weighted by Gasteiger charge is 2.26. The maximum Gasteiger partial charge on any atom is 0.448 e. The van der Waals surface area contributed by atoms with Gasteiger partial charge in [0.1, 0.15) is 23.2 Å². The number of nitrogens with one attached hydrogen (secondary N) is 2. The number of carboxylic acids is 1. The summed E-state index contributed by atoms with van der Waals surface area (Å²) in [6.07, 6.45) is 0. The van der Waals surface area contributed by atoms with Crippen molar-refractivity contribution in [2.24, 2.45) is 5.73 Å². The van der Waals surface area contributed by atoms with Gasteiger partial charge in [-0.15, -0.1) is 0 Å². The lowest BCUT2D eigenvalue weighted by Gasteiger charge is -2.16. The van der Waals surface area contributed by atoms with Crippen molar-refractivity contribution in [2.75, 3.05) is 0 Å². The summed E-state index contributed by atoms with van der Waals surface area (Å²) in [5.74, 6) is -5.78. The van der Waals surface area contributed by atoms with Crippen molar-refractivity contribution in [3.8, 4) is 0 Å². The van der Waals surface area contributed by atoms with Crippen LogP contribution >= 0.6 is 0 Å². The molecule has 2 aromatic carbocycles. The van der Waals surface area contributed by atoms with E-state index < -0.39 is 52.8 Å². The normalized spacial score (nSPS) is 11.6. The van der Waals surface area contributed by atoms with Crippen LogP contribution in [0.15, 0.2) is 57.8 Å². The zero-order chi connectivity index (χ0) is 27.6. The number of nitrogens with two attached hydrogens (primary N) is 1. The van der Waals surface area contributed by atoms with E-state index in [1.807, 2.05) is 0 Å². The number of aryl methyl sites for hydroxylation is 1. The number of carboxylic acid groups (broad SMARTS) is 1. The van der Waals surface area contributed by atoms with Crippen molar-refractivity contribution in [1.82, 2.24) is 25.2 Å². The molecule has 13 nitrogen and oxygen atoms in total. The lowest BCUT2D eigenvalue weighted by molar-refractivity contribution is -0.120. The van der Waals surface area contributed by atoms with Crippen LogP contribution < -0.4 is 22.1 Å². The molecule has 0 bridgehead atoms. The number of rotatable bonds is 8. The van der Waals surface area contributed by atoms with Crippen LogP contribution in [0.4, 0.5) is 4.39 Å². The van der Waals surface area contributed by atoms with Gasteiger partial charge >= 0.3 is 11.7 Å². The minimum Gasteiger partial charge on any atom is -0.478 e. The SMILES string of the molecule is Cc1cc(CNC(=O)c2cc(C(=O)N[C@@H](C(N)=O)c3ccc(C(=O)O)cc3)n3c(=O)onc3n2)ccc1F. The molecule has 1 atom stereocenters. The topological polar surface area (TPSA) is 199 Å². The molecule has 0 saturated heterocycles. The van der Waals surface area contributed by atoms with Crippen LogP contribution in [0.1, 0.15) is 54.1 Å². The van der Waals surface area contributed by atoms with Gasteiger partial charge < -0.3 is 21.5 Å². The average Bonchev–Trinajstić information content (AvgIpc) is 3.27. The minimum atomic E-state index is -1.41. The van der Waals surface area contributed by atoms with E-state index in [1.54, 1.807) is 13.0 Å². The van der Waals surface area contributed by atoms with Gasteiger partial charge in [0.15, 0.2) is 0 Å². The Balaban J connectivity index is 1.62. The number of halogens is 1. The standard InChI is InChI=1S/C24H19FN6O7/c1-11-8-12(2-7-15(11)25)10-27-20(33)16-9-17(31-23(28-16)30-38-24(31)37)21(34)29-18(19(26)32)13-3-5-14(6-4-13)22(35)36/h2-9,18H,10H2,1H3,(H2,26,32)(H,27,33)(H,29,34)(H,35,36)/t18-/m1/s1. The summed E-state index contributed by atoms with van der Waals surface area (Å²) < 4.78 is 18.8. The predicted molar refractivity (Wildman–Crippen MR) is 127 cm³/mol. The van der Waals surface area contributed by atoms with E-state index in [1.165, 1.54) is 36.4 Å². The third kappa shape index (κ3) is 5.23. The first-order chi connectivity index (χ1) is 18.0. The van der Waals surface area contributed by atoms with Crippen molar-refractivity contribution in [3.05, 3.63) is 98.5 Å². The monoisotopic (exact) mass is 522 g/mol. The second kappa shape index (κ2) is 10.3. The number of primary amides is 1. The van der Waals surface area contributed by atoms with E-state index in [0.29, 0.717) is 15.5 Å². The lowest BCUT2D eigenvalue weighted by Crippen LogP contribution is -2.39. The molecule has 38 heavy (non-hydrogen) atoms. The van der Waals surface area contributed by atoms with Gasteiger partial charge in [0.05, 0.1) is 5.56 Å². The number of hydrogen-bond acceptors (Lipinski definition) is 8. The Hall–Kier alpha value is -5.40. The largest absolute Gasteiger partial charge is 0.478 e. The van der Waals surface area contributed by atoms with Crippen LogP contribution in [0.3, 0.4) is 0 Å². The van der Waals surface area contributed by atoms with Crippen LogP contribution in [0.2, 0.25) is 0 Å². The molecule has 0 unspecified atom stereocenters. The predicted octanol–water partition coefficient (Wildman–Crippen LogP) is 0.715. The van der Waals surface area contributed by atoms with Crippen molar-refractivity contribution < 1.29 is 33.2 Å². The van der Waals surface area contributed by atoms with Gasteiger partial charge in [0.25, 0.3) is 17.6 Å². The van der Waals surface area contributed by atoms with Gasteiger partial charge in [-0.2, -0.15) is 0 Å². The highest BCUT2D eigenvalue weighted by atomic mass is 19.1. The van der Waals surface area contributed by atoms with E-state index in [4.69, 9.17) is 10.8 Å². The third-order valence-electron chi connectivity index (χ3n) is 5.51. The van der Waals surface area contributed by atoms with E-state index in [2.05, 4.69) is 25.3 Å². The number of nitrogens with zero attached hydrogens (tertiary/aromatic N) is 3. The molecule has 0 spiro atoms. The number of aromatic nitrogens is 3. The zero-order valence-corrected chi connectivity index (χ0v) is 19.6. The fraction of sp³-hybridized carbons (Fsp3) is 0.125. The number of carbonyl (C=O) groups excluding carboxylic acids is 3. The highest BCUT2D eigenvalue weighted by Crippen LogP contribution is 2.16. The fourth-order valence-corrected chi connectivity index (χ4v) is 3.57. The fourth-order valence-electron chi connectivity index (χ4n) is 3.57. The first kappa shape index (κ1) is 25.7. The minimum absolute atomic E-state index is 0.00997. The van der Waals surface area contributed by atoms with Gasteiger partial charge in [-0.3, -0.25) is 18.9 Å². The van der Waals surface area contributed by atoms with Crippen LogP contribution in [-0.2, 0) is 11.3 Å². The summed E-state index contributed by atoms with van der Waals surface area (Å²) in [7, 11) is 0. The Morgan fingerprint density at radius 1 is 1.11 bits per heavy atom. The zero-order valence-electron chi connectivity index (χ0n) is 19.6. The Labute approximate surface area is 212 Å². The molecule has 0 aliphatic rings. The van der Waals surface area contributed by atoms with Crippen molar-refractivity contribution in [3.63, 3.8) is 0 Å². The Kier molecular flexibility index (Phi) is 6.96. The number of benzene rings is 2. The summed E-state index contributed by atoms with van der Waals surface area (Å²) >= 11 is 0. The summed E-state index contributed by atoms with van der Waals surface area (Å²) in [5.41, 5.74) is 5.81. The van der Waals surface area contributed by atoms with Crippen molar-refractivity contribution in [1.29, 1.82) is 0 Å². The molecule has 2 heterocycles. The average molecular weight is 522 g/mol. The number of fused-ring (bicyclic) bond motifs is 1. The number of aromatic carboxylic acids is 1. The number of amides is 3. The molecule has 0 radical (unpaired) electrons. The second-order valence-corrected chi connectivity index (χ2v) is 8.11. The van der Waals surface area contributed by atoms with E-state index in [0.717, 1.165) is 6.07 Å². The summed E-state index contributed by atoms with van der Waals surface area (Å²) in [6, 6.07) is 8.92. The molecule has 5 N–H and O–H groups in total. The Morgan fingerprint density at radius 2 is 1.82 bits per heavy atom. The first-order valence-corrected chi connectivity index (χ1v) is 10.9. The smallest absolute Gasteiger partial charge is 0.448 e. The number of hydrogen-bond donors (Lipinski definition) is 4. The number of carbonyl (C=O) groups is 4. The molecule has 14 heteroatoms. The third-order valence-corrected chi connectivity index (χ3v) is 5.51. The van der Waals surface area contributed by atoms with Crippen molar-refractivity contribution >= 4 is 29.5 Å². The molecule has 4 rings (SSSR count). The Bertz CT molecular complexity index is 1640. The molecular weight excluding hydrogens is 503 g/mol. The van der Waals surface area contributed by atoms with Crippen molar-refractivity contribution in [2.45, 2.75) is 19.5 Å². The van der Waals surface area contributed by atoms with Crippen LogP contribution in [-0.4, -0.2) is 43.3 Å². The van der Waals surface area contributed by atoms with Gasteiger partial charge in [-0.05, 0) is 53.0 Å². The second-order valence-electron chi connectivity index (χ2n) is 8.11. The molecule has 0 aliphatic heterocycles. The van der Waals surface area contributed by atoms with Crippen LogP contribution in [0.5, 0.6) is 0 Å². The molecule has 194 valence electrons. The van der Waals surface area contributed by atoms with Gasteiger partial charge in [0.2, 0.25) is 5.91 Å². The van der Waals surface area contributed by atoms with Crippen LogP contribution in [0, 0.1) is 12.7 Å².